The predicted molar refractivity (Wildman–Crippen MR) is 127 cm³/mol. The molecule has 0 radical (unpaired) electrons. The predicted octanol–water partition coefficient (Wildman–Crippen LogP) is -5.16. The molecule has 19 nitrogen and oxygen atoms in total. The van der Waals surface area contributed by atoms with E-state index < -0.39 is 99.8 Å². The number of anilines is 1. The third kappa shape index (κ3) is 7.08. The molecular weight excluding hydrogens is 567 g/mol. The molecule has 3 rings (SSSR count). The van der Waals surface area contributed by atoms with Gasteiger partial charge in [0.25, 0.3) is 0 Å². The first-order valence-corrected chi connectivity index (χ1v) is 13.2. The number of nitrogens with two attached hydrogens (primary N) is 1. The van der Waals surface area contributed by atoms with E-state index in [1.165, 1.54) is 6.07 Å². The zero-order chi connectivity index (χ0) is 30.0. The van der Waals surface area contributed by atoms with Gasteiger partial charge >= 0.3 is 13.5 Å². The summed E-state index contributed by atoms with van der Waals surface area (Å²) in [6, 6.07) is -0.225. The minimum Gasteiger partial charge on any atom is -0.394 e. The molecule has 2 fully saturated rings. The molecule has 0 saturated carbocycles. The Hall–Kier alpha value is -2.39. The minimum atomic E-state index is -5.33. The molecule has 40 heavy (non-hydrogen) atoms. The second-order valence-electron chi connectivity index (χ2n) is 9.19. The summed E-state index contributed by atoms with van der Waals surface area (Å²) >= 11 is 0. The molecule has 10 N–H and O–H groups in total. The Morgan fingerprint density at radius 1 is 1.38 bits per heavy atom. The molecule has 0 aliphatic carbocycles. The fourth-order valence-corrected chi connectivity index (χ4v) is 5.21. The number of aromatic nitrogens is 2. The van der Waals surface area contributed by atoms with Crippen LogP contribution in [0.2, 0.25) is 0 Å². The number of rotatable bonds is 11. The van der Waals surface area contributed by atoms with E-state index in [9.17, 15) is 54.5 Å². The van der Waals surface area contributed by atoms with Crippen molar-refractivity contribution >= 4 is 25.8 Å². The lowest BCUT2D eigenvalue weighted by Gasteiger charge is -2.46. The van der Waals surface area contributed by atoms with E-state index in [4.69, 9.17) is 24.3 Å². The van der Waals surface area contributed by atoms with Crippen LogP contribution in [-0.4, -0.2) is 125 Å². The van der Waals surface area contributed by atoms with Crippen LogP contribution in [-0.2, 0) is 32.7 Å². The van der Waals surface area contributed by atoms with Gasteiger partial charge in [-0.25, -0.2) is 13.9 Å². The van der Waals surface area contributed by atoms with Gasteiger partial charge in [-0.15, -0.1) is 0 Å². The lowest BCUT2D eigenvalue weighted by atomic mass is 9.89. The molecule has 11 atom stereocenters. The standard InChI is InChI=1S/C20H31N4O15P/c1-8(27)22-13-9(28)4-20(7-26,38-17(13)14(30)10(29)5-25)39-40(34,35)36-6-11-15(31)16(32)18(37-11)24-3-2-12(21)23-19(24)33/h2-3,7,9-11,13-18,25,28-32H,4-6H2,1H3,(H,22,27)(H,34,35)(H2,21,23,33)/t9?,10-,11-,13?,14-,15?,16?,17?,18-,20?/m1/s1. The maximum Gasteiger partial charge on any atom is 0.475 e. The fraction of sp³-hybridized carbons (Fsp3) is 0.700. The van der Waals surface area contributed by atoms with E-state index in [-0.39, 0.29) is 12.1 Å². The van der Waals surface area contributed by atoms with E-state index in [1.54, 1.807) is 0 Å². The molecule has 7 unspecified atom stereocenters. The molecule has 1 amide bonds. The van der Waals surface area contributed by atoms with Gasteiger partial charge in [0, 0.05) is 19.5 Å². The van der Waals surface area contributed by atoms with Crippen LogP contribution in [0.5, 0.6) is 0 Å². The number of ether oxygens (including phenoxy) is 2. The maximum absolute atomic E-state index is 12.8. The highest BCUT2D eigenvalue weighted by atomic mass is 31.2. The number of nitrogen functional groups attached to an aromatic ring is 1. The van der Waals surface area contributed by atoms with Gasteiger partial charge < -0.3 is 56.1 Å². The molecule has 2 aliphatic rings. The number of nitrogens with zero attached hydrogens (tertiary/aromatic N) is 2. The van der Waals surface area contributed by atoms with Crippen LogP contribution in [0.25, 0.3) is 0 Å². The number of carbonyl (C=O) groups is 2. The van der Waals surface area contributed by atoms with Crippen molar-refractivity contribution in [3.05, 3.63) is 22.7 Å². The highest BCUT2D eigenvalue weighted by molar-refractivity contribution is 7.47. The van der Waals surface area contributed by atoms with Crippen molar-refractivity contribution in [2.24, 2.45) is 0 Å². The summed E-state index contributed by atoms with van der Waals surface area (Å²) in [4.78, 5) is 49.4. The summed E-state index contributed by atoms with van der Waals surface area (Å²) < 4.78 is 34.0. The van der Waals surface area contributed by atoms with Crippen molar-refractivity contribution in [1.82, 2.24) is 14.9 Å². The molecule has 0 aromatic carbocycles. The molecule has 1 aromatic rings. The maximum atomic E-state index is 12.8. The number of aliphatic hydroxyl groups excluding tert-OH is 6. The molecular formula is C20H31N4O15P. The fourth-order valence-electron chi connectivity index (χ4n) is 4.27. The van der Waals surface area contributed by atoms with Crippen molar-refractivity contribution in [2.45, 2.75) is 74.1 Å². The average Bonchev–Trinajstić information content (AvgIpc) is 3.16. The Bertz CT molecular complexity index is 1170. The second kappa shape index (κ2) is 12.6. The van der Waals surface area contributed by atoms with E-state index in [2.05, 4.69) is 10.3 Å². The van der Waals surface area contributed by atoms with Crippen molar-refractivity contribution < 1.29 is 68.2 Å². The quantitative estimate of drug-likeness (QED) is 0.0849. The van der Waals surface area contributed by atoms with Gasteiger partial charge in [-0.3, -0.25) is 18.7 Å². The molecule has 0 bridgehead atoms. The first kappa shape index (κ1) is 32.1. The Balaban J connectivity index is 1.74. The molecule has 3 heterocycles. The van der Waals surface area contributed by atoms with Gasteiger partial charge in [-0.2, -0.15) is 4.98 Å². The van der Waals surface area contributed by atoms with Crippen LogP contribution in [0.4, 0.5) is 5.82 Å². The molecule has 0 spiro atoms. The Labute approximate surface area is 225 Å². The molecule has 2 aliphatic heterocycles. The summed E-state index contributed by atoms with van der Waals surface area (Å²) in [5, 5.41) is 62.9. The number of hydrogen-bond acceptors (Lipinski definition) is 16. The smallest absolute Gasteiger partial charge is 0.394 e. The van der Waals surface area contributed by atoms with E-state index in [0.29, 0.717) is 0 Å². The summed E-state index contributed by atoms with van der Waals surface area (Å²) in [6.45, 7) is -0.857. The monoisotopic (exact) mass is 598 g/mol. The summed E-state index contributed by atoms with van der Waals surface area (Å²) in [6.07, 6.45) is -13.7. The number of amides is 1. The minimum absolute atomic E-state index is 0.115. The zero-order valence-electron chi connectivity index (χ0n) is 20.9. The van der Waals surface area contributed by atoms with Crippen LogP contribution in [0.3, 0.4) is 0 Å². The summed E-state index contributed by atoms with van der Waals surface area (Å²) in [5.74, 6) is -3.58. The van der Waals surface area contributed by atoms with Gasteiger partial charge in [0.2, 0.25) is 11.7 Å². The summed E-state index contributed by atoms with van der Waals surface area (Å²) in [7, 11) is -5.33. The van der Waals surface area contributed by atoms with Crippen LogP contribution in [0, 0.1) is 0 Å². The van der Waals surface area contributed by atoms with Gasteiger partial charge in [-0.05, 0) is 6.07 Å². The third-order valence-corrected chi connectivity index (χ3v) is 7.21. The first-order chi connectivity index (χ1) is 18.6. The van der Waals surface area contributed by atoms with Crippen molar-refractivity contribution in [2.75, 3.05) is 18.9 Å². The lowest BCUT2D eigenvalue weighted by Crippen LogP contribution is -2.66. The first-order valence-electron chi connectivity index (χ1n) is 11.7. The second-order valence-corrected chi connectivity index (χ2v) is 10.6. The highest BCUT2D eigenvalue weighted by Gasteiger charge is 2.55. The number of hydrogen-bond donors (Lipinski definition) is 9. The van der Waals surface area contributed by atoms with Gasteiger partial charge in [0.15, 0.2) is 12.5 Å². The van der Waals surface area contributed by atoms with Crippen molar-refractivity contribution in [1.29, 1.82) is 0 Å². The molecule has 20 heteroatoms. The van der Waals surface area contributed by atoms with Crippen molar-refractivity contribution in [3.8, 4) is 0 Å². The number of aliphatic hydroxyl groups is 6. The van der Waals surface area contributed by atoms with Crippen molar-refractivity contribution in [3.63, 3.8) is 0 Å². The zero-order valence-corrected chi connectivity index (χ0v) is 21.8. The van der Waals surface area contributed by atoms with Crippen LogP contribution < -0.4 is 16.7 Å². The summed E-state index contributed by atoms with van der Waals surface area (Å²) in [5.41, 5.74) is 4.50. The van der Waals surface area contributed by atoms with E-state index in [0.717, 1.165) is 17.7 Å². The largest absolute Gasteiger partial charge is 0.475 e. The van der Waals surface area contributed by atoms with E-state index >= 15 is 0 Å². The Morgan fingerprint density at radius 2 is 2.05 bits per heavy atom. The van der Waals surface area contributed by atoms with Gasteiger partial charge in [0.1, 0.15) is 42.4 Å². The van der Waals surface area contributed by atoms with Crippen LogP contribution in [0.15, 0.2) is 17.1 Å². The SMILES string of the molecule is CC(=O)NC1C(O)CC(C=O)(OP(=O)(O)OC[C@H]2O[C@@H](n3ccc(N)nc3=O)C(O)C2O)OC1[C@H](O)[C@H](O)CO. The number of aldehydes is 1. The number of nitrogens with one attached hydrogen (secondary N) is 1. The number of phosphoric ester groups is 1. The van der Waals surface area contributed by atoms with Gasteiger partial charge in [-0.1, -0.05) is 0 Å². The highest BCUT2D eigenvalue weighted by Crippen LogP contribution is 2.50. The normalized spacial score (nSPS) is 35.5. The third-order valence-electron chi connectivity index (χ3n) is 6.20. The molecule has 1 aromatic heterocycles. The van der Waals surface area contributed by atoms with Gasteiger partial charge in [0.05, 0.1) is 25.4 Å². The number of carbonyl (C=O) groups excluding carboxylic acids is 2. The lowest BCUT2D eigenvalue weighted by molar-refractivity contribution is -0.274. The Kier molecular flexibility index (Phi) is 10.2. The molecule has 2 saturated heterocycles. The molecule has 226 valence electrons. The topological polar surface area (TPSA) is 303 Å². The van der Waals surface area contributed by atoms with E-state index in [1.807, 2.05) is 0 Å². The van der Waals surface area contributed by atoms with Crippen LogP contribution >= 0.6 is 7.82 Å². The number of phosphoric acid groups is 1. The average molecular weight is 598 g/mol. The Morgan fingerprint density at radius 3 is 2.62 bits per heavy atom. The van der Waals surface area contributed by atoms with Crippen LogP contribution in [0.1, 0.15) is 19.6 Å².